The summed E-state index contributed by atoms with van der Waals surface area (Å²) in [5.74, 6) is -0.0348. The van der Waals surface area contributed by atoms with Crippen LogP contribution in [0.25, 0.3) is 0 Å². The lowest BCUT2D eigenvalue weighted by Gasteiger charge is -2.17. The van der Waals surface area contributed by atoms with Gasteiger partial charge in [0.2, 0.25) is 0 Å². The number of anilines is 1. The molecular weight excluding hydrogens is 345 g/mol. The van der Waals surface area contributed by atoms with Crippen LogP contribution in [0.3, 0.4) is 0 Å². The number of benzene rings is 2. The molecule has 1 amide bonds. The number of hydrogen-bond acceptors (Lipinski definition) is 3. The van der Waals surface area contributed by atoms with Crippen LogP contribution in [-0.4, -0.2) is 19.1 Å². The van der Waals surface area contributed by atoms with Crippen molar-refractivity contribution in [2.24, 2.45) is 0 Å². The molecule has 0 spiro atoms. The molecule has 1 saturated carbocycles. The zero-order chi connectivity index (χ0) is 17.8. The molecule has 0 radical (unpaired) electrons. The van der Waals surface area contributed by atoms with E-state index in [0.29, 0.717) is 22.2 Å². The van der Waals surface area contributed by atoms with Gasteiger partial charge in [-0.2, -0.15) is 0 Å². The first-order chi connectivity index (χ1) is 12.1. The molecule has 2 aromatic carbocycles. The average molecular weight is 364 g/mol. The number of hydrogen-bond donors (Lipinski definition) is 1. The summed E-state index contributed by atoms with van der Waals surface area (Å²) in [5, 5.41) is 2.97. The van der Waals surface area contributed by atoms with Crippen LogP contribution in [0.15, 0.2) is 36.4 Å². The van der Waals surface area contributed by atoms with Crippen molar-refractivity contribution < 1.29 is 18.7 Å². The minimum Gasteiger partial charge on any atom is -0.493 e. The number of rotatable bonds is 5. The Morgan fingerprint density at radius 1 is 1.16 bits per heavy atom. The summed E-state index contributed by atoms with van der Waals surface area (Å²) in [4.78, 5) is 12.3. The molecule has 1 aliphatic rings. The predicted octanol–water partition coefficient (Wildman–Crippen LogP) is 5.06. The van der Waals surface area contributed by atoms with E-state index in [2.05, 4.69) is 5.32 Å². The Bertz CT molecular complexity index is 775. The van der Waals surface area contributed by atoms with Gasteiger partial charge in [-0.15, -0.1) is 0 Å². The van der Waals surface area contributed by atoms with Crippen LogP contribution in [0.4, 0.5) is 10.1 Å². The quantitative estimate of drug-likeness (QED) is 0.807. The number of carbonyl (C=O) groups is 1. The standard InChI is InChI=1S/C19H19ClFNO3/c1-24-17-9-7-13(11-18(17)25-14-4-2-3-5-14)22-19(23)15-10-12(20)6-8-16(15)21/h6-11,14H,2-5H2,1H3,(H,22,23). The van der Waals surface area contributed by atoms with Crippen molar-refractivity contribution in [3.63, 3.8) is 0 Å². The lowest BCUT2D eigenvalue weighted by molar-refractivity contribution is 0.102. The molecule has 25 heavy (non-hydrogen) atoms. The molecule has 3 rings (SSSR count). The molecule has 0 aromatic heterocycles. The minimum atomic E-state index is -0.627. The van der Waals surface area contributed by atoms with Gasteiger partial charge in [-0.3, -0.25) is 4.79 Å². The summed E-state index contributed by atoms with van der Waals surface area (Å²) in [7, 11) is 1.57. The first kappa shape index (κ1) is 17.5. The number of methoxy groups -OCH3 is 1. The highest BCUT2D eigenvalue weighted by molar-refractivity contribution is 6.31. The van der Waals surface area contributed by atoms with E-state index in [9.17, 15) is 9.18 Å². The zero-order valence-corrected chi connectivity index (χ0v) is 14.6. The third-order valence-corrected chi connectivity index (χ3v) is 4.43. The number of ether oxygens (including phenoxy) is 2. The molecule has 0 bridgehead atoms. The maximum atomic E-state index is 13.8. The Labute approximate surface area is 150 Å². The van der Waals surface area contributed by atoms with Gasteiger partial charge in [0.1, 0.15) is 5.82 Å². The van der Waals surface area contributed by atoms with Gasteiger partial charge in [0.15, 0.2) is 11.5 Å². The second-order valence-electron chi connectivity index (χ2n) is 5.97. The van der Waals surface area contributed by atoms with Crippen molar-refractivity contribution in [1.29, 1.82) is 0 Å². The molecule has 4 nitrogen and oxygen atoms in total. The number of nitrogens with one attached hydrogen (secondary N) is 1. The van der Waals surface area contributed by atoms with Crippen LogP contribution in [0.5, 0.6) is 11.5 Å². The maximum absolute atomic E-state index is 13.8. The van der Waals surface area contributed by atoms with E-state index >= 15 is 0 Å². The summed E-state index contributed by atoms with van der Waals surface area (Å²) >= 11 is 5.84. The predicted molar refractivity (Wildman–Crippen MR) is 95.2 cm³/mol. The summed E-state index contributed by atoms with van der Waals surface area (Å²) in [6.45, 7) is 0. The Balaban J connectivity index is 1.79. The fraction of sp³-hybridized carbons (Fsp3) is 0.316. The minimum absolute atomic E-state index is 0.110. The van der Waals surface area contributed by atoms with Gasteiger partial charge < -0.3 is 14.8 Å². The van der Waals surface area contributed by atoms with Gasteiger partial charge in [0.25, 0.3) is 5.91 Å². The molecule has 6 heteroatoms. The third kappa shape index (κ3) is 4.23. The lowest BCUT2D eigenvalue weighted by atomic mass is 10.2. The second kappa shape index (κ2) is 7.74. The summed E-state index contributed by atoms with van der Waals surface area (Å²) in [6.07, 6.45) is 4.47. The number of halogens is 2. The van der Waals surface area contributed by atoms with Crippen molar-refractivity contribution in [2.45, 2.75) is 31.8 Å². The monoisotopic (exact) mass is 363 g/mol. The van der Waals surface area contributed by atoms with Gasteiger partial charge in [-0.1, -0.05) is 11.6 Å². The van der Waals surface area contributed by atoms with Crippen LogP contribution in [0.2, 0.25) is 5.02 Å². The van der Waals surface area contributed by atoms with Crippen molar-refractivity contribution in [1.82, 2.24) is 0 Å². The normalized spacial score (nSPS) is 14.4. The van der Waals surface area contributed by atoms with E-state index in [1.54, 1.807) is 25.3 Å². The lowest BCUT2D eigenvalue weighted by Crippen LogP contribution is -2.15. The molecule has 1 fully saturated rings. The van der Waals surface area contributed by atoms with Crippen LogP contribution >= 0.6 is 11.6 Å². The fourth-order valence-corrected chi connectivity index (χ4v) is 3.07. The second-order valence-corrected chi connectivity index (χ2v) is 6.40. The summed E-state index contributed by atoms with van der Waals surface area (Å²) in [6, 6.07) is 8.95. The van der Waals surface area contributed by atoms with E-state index in [1.165, 1.54) is 18.2 Å². The van der Waals surface area contributed by atoms with E-state index in [-0.39, 0.29) is 11.7 Å². The van der Waals surface area contributed by atoms with Crippen LogP contribution in [0.1, 0.15) is 36.0 Å². The molecule has 0 atom stereocenters. The largest absolute Gasteiger partial charge is 0.493 e. The van der Waals surface area contributed by atoms with Gasteiger partial charge >= 0.3 is 0 Å². The van der Waals surface area contributed by atoms with E-state index < -0.39 is 11.7 Å². The highest BCUT2D eigenvalue weighted by atomic mass is 35.5. The highest BCUT2D eigenvalue weighted by Crippen LogP contribution is 2.34. The van der Waals surface area contributed by atoms with Gasteiger partial charge in [-0.05, 0) is 56.0 Å². The first-order valence-electron chi connectivity index (χ1n) is 8.18. The van der Waals surface area contributed by atoms with Gasteiger partial charge in [-0.25, -0.2) is 4.39 Å². The zero-order valence-electron chi connectivity index (χ0n) is 13.9. The highest BCUT2D eigenvalue weighted by Gasteiger charge is 2.19. The van der Waals surface area contributed by atoms with Gasteiger partial charge in [0.05, 0.1) is 18.8 Å². The summed E-state index contributed by atoms with van der Waals surface area (Å²) in [5.41, 5.74) is 0.389. The Hall–Kier alpha value is -2.27. The molecule has 0 heterocycles. The molecule has 1 aliphatic carbocycles. The summed E-state index contributed by atoms with van der Waals surface area (Å²) < 4.78 is 25.1. The number of carbonyl (C=O) groups excluding carboxylic acids is 1. The van der Waals surface area contributed by atoms with E-state index in [0.717, 1.165) is 25.7 Å². The van der Waals surface area contributed by atoms with Crippen LogP contribution in [0, 0.1) is 5.82 Å². The Morgan fingerprint density at radius 3 is 2.64 bits per heavy atom. The third-order valence-electron chi connectivity index (χ3n) is 4.19. The van der Waals surface area contributed by atoms with Crippen molar-refractivity contribution in [2.75, 3.05) is 12.4 Å². The Morgan fingerprint density at radius 2 is 1.92 bits per heavy atom. The Kier molecular flexibility index (Phi) is 5.43. The average Bonchev–Trinajstić information content (AvgIpc) is 3.10. The maximum Gasteiger partial charge on any atom is 0.258 e. The molecule has 132 valence electrons. The smallest absolute Gasteiger partial charge is 0.258 e. The van der Waals surface area contributed by atoms with Gasteiger partial charge in [0, 0.05) is 16.8 Å². The van der Waals surface area contributed by atoms with Crippen LogP contribution in [-0.2, 0) is 0 Å². The van der Waals surface area contributed by atoms with Crippen molar-refractivity contribution in [3.05, 3.63) is 52.8 Å². The SMILES string of the molecule is COc1ccc(NC(=O)c2cc(Cl)ccc2F)cc1OC1CCCC1. The fourth-order valence-electron chi connectivity index (χ4n) is 2.90. The topological polar surface area (TPSA) is 47.6 Å². The number of amides is 1. The molecule has 1 N–H and O–H groups in total. The van der Waals surface area contributed by atoms with Crippen molar-refractivity contribution >= 4 is 23.2 Å². The first-order valence-corrected chi connectivity index (χ1v) is 8.55. The van der Waals surface area contributed by atoms with E-state index in [4.69, 9.17) is 21.1 Å². The van der Waals surface area contributed by atoms with Crippen LogP contribution < -0.4 is 14.8 Å². The van der Waals surface area contributed by atoms with Crippen molar-refractivity contribution in [3.8, 4) is 11.5 Å². The molecule has 0 saturated heterocycles. The molecular formula is C19H19ClFNO3. The molecule has 0 aliphatic heterocycles. The molecule has 2 aromatic rings. The van der Waals surface area contributed by atoms with E-state index in [1.807, 2.05) is 0 Å². The molecule has 0 unspecified atom stereocenters.